The Hall–Kier alpha value is -1.94. The van der Waals surface area contributed by atoms with Gasteiger partial charge in [0.2, 0.25) is 5.95 Å². The first-order valence-corrected chi connectivity index (χ1v) is 5.98. The molecular formula is C14H17N3O. The van der Waals surface area contributed by atoms with E-state index in [-0.39, 0.29) is 12.6 Å². The number of nitrogens with zero attached hydrogens (tertiary/aromatic N) is 2. The first-order valence-electron chi connectivity index (χ1n) is 5.98. The Morgan fingerprint density at radius 1 is 1.17 bits per heavy atom. The van der Waals surface area contributed by atoms with Crippen molar-refractivity contribution in [2.75, 3.05) is 11.9 Å². The molecule has 1 aromatic carbocycles. The highest BCUT2D eigenvalue weighted by atomic mass is 16.3. The summed E-state index contributed by atoms with van der Waals surface area (Å²) >= 11 is 0. The quantitative estimate of drug-likeness (QED) is 0.840. The van der Waals surface area contributed by atoms with Crippen molar-refractivity contribution >= 4 is 5.95 Å². The van der Waals surface area contributed by atoms with Crippen LogP contribution in [0.25, 0.3) is 0 Å². The second-order valence-corrected chi connectivity index (χ2v) is 4.30. The number of benzene rings is 1. The van der Waals surface area contributed by atoms with E-state index in [4.69, 9.17) is 0 Å². The summed E-state index contributed by atoms with van der Waals surface area (Å²) in [5.41, 5.74) is 2.19. The third-order valence-electron chi connectivity index (χ3n) is 2.66. The molecule has 0 aliphatic rings. The van der Waals surface area contributed by atoms with Crippen LogP contribution in [0.2, 0.25) is 0 Å². The summed E-state index contributed by atoms with van der Waals surface area (Å²) in [7, 11) is 0. The molecule has 18 heavy (non-hydrogen) atoms. The number of hydrogen-bond acceptors (Lipinski definition) is 4. The number of aliphatic hydroxyl groups is 1. The lowest BCUT2D eigenvalue weighted by atomic mass is 10.1. The van der Waals surface area contributed by atoms with Crippen molar-refractivity contribution < 1.29 is 5.11 Å². The summed E-state index contributed by atoms with van der Waals surface area (Å²) in [6.07, 6.45) is 4.26. The predicted octanol–water partition coefficient (Wildman–Crippen LogP) is 1.80. The van der Waals surface area contributed by atoms with Gasteiger partial charge in [-0.15, -0.1) is 0 Å². The van der Waals surface area contributed by atoms with Gasteiger partial charge in [-0.2, -0.15) is 0 Å². The van der Waals surface area contributed by atoms with E-state index in [2.05, 4.69) is 15.3 Å². The smallest absolute Gasteiger partial charge is 0.222 e. The average molecular weight is 243 g/mol. The van der Waals surface area contributed by atoms with Crippen LogP contribution in [0.1, 0.15) is 11.1 Å². The minimum Gasteiger partial charge on any atom is -0.394 e. The minimum absolute atomic E-state index is 0.0477. The van der Waals surface area contributed by atoms with Crippen molar-refractivity contribution in [3.8, 4) is 0 Å². The molecule has 1 heterocycles. The van der Waals surface area contributed by atoms with E-state index in [9.17, 15) is 5.11 Å². The van der Waals surface area contributed by atoms with Crippen LogP contribution in [0.5, 0.6) is 0 Å². The summed E-state index contributed by atoms with van der Waals surface area (Å²) in [5.74, 6) is 0.551. The van der Waals surface area contributed by atoms with Gasteiger partial charge in [0.15, 0.2) is 0 Å². The molecule has 0 amide bonds. The Morgan fingerprint density at radius 2 is 1.83 bits per heavy atom. The van der Waals surface area contributed by atoms with E-state index in [0.29, 0.717) is 5.95 Å². The van der Waals surface area contributed by atoms with E-state index in [0.717, 1.165) is 12.0 Å². The fraction of sp³-hybridized carbons (Fsp3) is 0.286. The lowest BCUT2D eigenvalue weighted by Gasteiger charge is -2.16. The molecule has 2 N–H and O–H groups in total. The van der Waals surface area contributed by atoms with Crippen molar-refractivity contribution in [3.63, 3.8) is 0 Å². The molecule has 2 rings (SSSR count). The molecular weight excluding hydrogens is 226 g/mol. The number of aromatic nitrogens is 2. The monoisotopic (exact) mass is 243 g/mol. The van der Waals surface area contributed by atoms with Crippen molar-refractivity contribution in [3.05, 3.63) is 53.9 Å². The second kappa shape index (κ2) is 6.12. The van der Waals surface area contributed by atoms with Crippen LogP contribution in [0, 0.1) is 6.92 Å². The molecule has 4 heteroatoms. The van der Waals surface area contributed by atoms with E-state index in [1.165, 1.54) is 5.56 Å². The number of aryl methyl sites for hydroxylation is 1. The van der Waals surface area contributed by atoms with Gasteiger partial charge in [-0.3, -0.25) is 0 Å². The van der Waals surface area contributed by atoms with Crippen LogP contribution in [-0.4, -0.2) is 27.7 Å². The molecule has 0 radical (unpaired) electrons. The zero-order chi connectivity index (χ0) is 12.8. The Kier molecular flexibility index (Phi) is 4.25. The van der Waals surface area contributed by atoms with Crippen LogP contribution in [-0.2, 0) is 6.42 Å². The van der Waals surface area contributed by atoms with Crippen molar-refractivity contribution in [1.82, 2.24) is 9.97 Å². The maximum Gasteiger partial charge on any atom is 0.222 e. The highest BCUT2D eigenvalue weighted by molar-refractivity contribution is 5.28. The fourth-order valence-electron chi connectivity index (χ4n) is 1.71. The van der Waals surface area contributed by atoms with Gasteiger partial charge in [-0.05, 0) is 24.5 Å². The van der Waals surface area contributed by atoms with Gasteiger partial charge < -0.3 is 10.4 Å². The largest absolute Gasteiger partial charge is 0.394 e. The molecule has 4 nitrogen and oxygen atoms in total. The van der Waals surface area contributed by atoms with Crippen LogP contribution >= 0.6 is 0 Å². The molecule has 0 saturated heterocycles. The first-order chi connectivity index (χ1) is 8.78. The molecule has 0 spiro atoms. The highest BCUT2D eigenvalue weighted by Gasteiger charge is 2.09. The highest BCUT2D eigenvalue weighted by Crippen LogP contribution is 2.07. The lowest BCUT2D eigenvalue weighted by Crippen LogP contribution is -2.27. The molecule has 0 bridgehead atoms. The van der Waals surface area contributed by atoms with E-state index in [1.807, 2.05) is 37.3 Å². The molecule has 0 aliphatic carbocycles. The number of nitrogens with one attached hydrogen (secondary N) is 1. The van der Waals surface area contributed by atoms with Crippen molar-refractivity contribution in [1.29, 1.82) is 0 Å². The molecule has 1 atom stereocenters. The number of anilines is 1. The third kappa shape index (κ3) is 3.53. The van der Waals surface area contributed by atoms with Crippen molar-refractivity contribution in [2.45, 2.75) is 19.4 Å². The van der Waals surface area contributed by atoms with Crippen LogP contribution < -0.4 is 5.32 Å². The lowest BCUT2D eigenvalue weighted by molar-refractivity contribution is 0.273. The Labute approximate surface area is 107 Å². The topological polar surface area (TPSA) is 58.0 Å². The molecule has 1 unspecified atom stereocenters. The zero-order valence-corrected chi connectivity index (χ0v) is 10.4. The molecule has 0 fully saturated rings. The van der Waals surface area contributed by atoms with Gasteiger partial charge in [0.1, 0.15) is 0 Å². The summed E-state index contributed by atoms with van der Waals surface area (Å²) in [4.78, 5) is 8.35. The van der Waals surface area contributed by atoms with Crippen LogP contribution in [0.3, 0.4) is 0 Å². The first kappa shape index (κ1) is 12.5. The van der Waals surface area contributed by atoms with Gasteiger partial charge in [0.25, 0.3) is 0 Å². The third-order valence-corrected chi connectivity index (χ3v) is 2.66. The minimum atomic E-state index is -0.0740. The van der Waals surface area contributed by atoms with Gasteiger partial charge in [0, 0.05) is 12.4 Å². The molecule has 94 valence electrons. The van der Waals surface area contributed by atoms with E-state index >= 15 is 0 Å². The Morgan fingerprint density at radius 3 is 2.44 bits per heavy atom. The van der Waals surface area contributed by atoms with E-state index in [1.54, 1.807) is 12.4 Å². The van der Waals surface area contributed by atoms with Gasteiger partial charge >= 0.3 is 0 Å². The Balaban J connectivity index is 1.99. The van der Waals surface area contributed by atoms with E-state index < -0.39 is 0 Å². The fourth-order valence-corrected chi connectivity index (χ4v) is 1.71. The van der Waals surface area contributed by atoms with Gasteiger partial charge in [-0.25, -0.2) is 9.97 Å². The van der Waals surface area contributed by atoms with Crippen LogP contribution in [0.15, 0.2) is 42.7 Å². The number of hydrogen-bond donors (Lipinski definition) is 2. The normalized spacial score (nSPS) is 12.1. The van der Waals surface area contributed by atoms with Crippen LogP contribution in [0.4, 0.5) is 5.95 Å². The summed E-state index contributed by atoms with van der Waals surface area (Å²) in [6.45, 7) is 1.99. The van der Waals surface area contributed by atoms with Gasteiger partial charge in [0.05, 0.1) is 12.6 Å². The van der Waals surface area contributed by atoms with Gasteiger partial charge in [-0.1, -0.05) is 30.3 Å². The second-order valence-electron chi connectivity index (χ2n) is 4.30. The predicted molar refractivity (Wildman–Crippen MR) is 71.4 cm³/mol. The molecule has 0 saturated carbocycles. The summed E-state index contributed by atoms with van der Waals surface area (Å²) in [5, 5.41) is 12.5. The summed E-state index contributed by atoms with van der Waals surface area (Å²) in [6, 6.07) is 9.97. The van der Waals surface area contributed by atoms with Crippen molar-refractivity contribution in [2.24, 2.45) is 0 Å². The molecule has 2 aromatic rings. The number of aliphatic hydroxyl groups excluding tert-OH is 1. The zero-order valence-electron chi connectivity index (χ0n) is 10.4. The maximum absolute atomic E-state index is 9.39. The Bertz CT molecular complexity index is 470. The number of rotatable bonds is 5. The molecule has 1 aromatic heterocycles. The maximum atomic E-state index is 9.39. The average Bonchev–Trinajstić information content (AvgIpc) is 2.41. The molecule has 0 aliphatic heterocycles. The standard InChI is InChI=1S/C14H17N3O/c1-11-8-15-14(16-9-11)17-13(10-18)7-12-5-3-2-4-6-12/h2-6,8-9,13,18H,7,10H2,1H3,(H,15,16,17). The SMILES string of the molecule is Cc1cnc(NC(CO)Cc2ccccc2)nc1. The summed E-state index contributed by atoms with van der Waals surface area (Å²) < 4.78 is 0.